The van der Waals surface area contributed by atoms with Gasteiger partial charge in [0, 0.05) is 36.3 Å². The number of H-pyrrole nitrogens is 1. The van der Waals surface area contributed by atoms with Crippen molar-refractivity contribution >= 4 is 23.3 Å². The van der Waals surface area contributed by atoms with Crippen molar-refractivity contribution in [3.63, 3.8) is 0 Å². The van der Waals surface area contributed by atoms with Gasteiger partial charge in [-0.25, -0.2) is 8.78 Å². The summed E-state index contributed by atoms with van der Waals surface area (Å²) in [5, 5.41) is 9.28. The third-order valence-corrected chi connectivity index (χ3v) is 4.68. The molecule has 148 valence electrons. The van der Waals surface area contributed by atoms with Crippen LogP contribution < -0.4 is 10.2 Å². The average Bonchev–Trinajstić information content (AvgIpc) is 3.30. The van der Waals surface area contributed by atoms with E-state index in [2.05, 4.69) is 15.5 Å². The molecule has 1 aliphatic rings. The van der Waals surface area contributed by atoms with E-state index >= 15 is 0 Å². The van der Waals surface area contributed by atoms with Crippen LogP contribution in [0.25, 0.3) is 11.3 Å². The lowest BCUT2D eigenvalue weighted by atomic mass is 10.1. The Morgan fingerprint density at radius 2 is 1.93 bits per heavy atom. The van der Waals surface area contributed by atoms with E-state index in [0.29, 0.717) is 24.2 Å². The molecule has 29 heavy (non-hydrogen) atoms. The van der Waals surface area contributed by atoms with Crippen molar-refractivity contribution in [2.24, 2.45) is 0 Å². The first-order valence-corrected chi connectivity index (χ1v) is 9.19. The molecule has 0 atom stereocenters. The maximum absolute atomic E-state index is 13.4. The van der Waals surface area contributed by atoms with Gasteiger partial charge in [0.05, 0.1) is 12.1 Å². The first kappa shape index (κ1) is 18.8. The number of hydrogen-bond acceptors (Lipinski definition) is 3. The number of carbonyl (C=O) groups is 2. The Hall–Kier alpha value is -3.55. The Morgan fingerprint density at radius 1 is 1.14 bits per heavy atom. The van der Waals surface area contributed by atoms with Gasteiger partial charge < -0.3 is 10.2 Å². The summed E-state index contributed by atoms with van der Waals surface area (Å²) < 4.78 is 26.7. The number of nitrogens with zero attached hydrogens (tertiary/aromatic N) is 2. The Morgan fingerprint density at radius 3 is 2.66 bits per heavy atom. The number of aromatic amines is 1. The van der Waals surface area contributed by atoms with Crippen molar-refractivity contribution in [2.75, 3.05) is 16.8 Å². The minimum atomic E-state index is -0.698. The lowest BCUT2D eigenvalue weighted by Gasteiger charge is -2.16. The maximum atomic E-state index is 13.4. The van der Waals surface area contributed by atoms with Gasteiger partial charge in [-0.3, -0.25) is 14.7 Å². The van der Waals surface area contributed by atoms with Gasteiger partial charge in [0.2, 0.25) is 11.8 Å². The second kappa shape index (κ2) is 7.83. The lowest BCUT2D eigenvalue weighted by molar-refractivity contribution is -0.117. The summed E-state index contributed by atoms with van der Waals surface area (Å²) in [6.07, 6.45) is 1.48. The van der Waals surface area contributed by atoms with E-state index in [1.807, 2.05) is 24.3 Å². The van der Waals surface area contributed by atoms with Crippen molar-refractivity contribution in [3.8, 4) is 11.3 Å². The third kappa shape index (κ3) is 4.31. The van der Waals surface area contributed by atoms with Crippen LogP contribution in [-0.4, -0.2) is 28.6 Å². The van der Waals surface area contributed by atoms with Crippen LogP contribution in [0.5, 0.6) is 0 Å². The number of anilines is 2. The Labute approximate surface area is 165 Å². The molecule has 1 aromatic heterocycles. The van der Waals surface area contributed by atoms with Crippen LogP contribution in [0.3, 0.4) is 0 Å². The molecule has 0 spiro atoms. The van der Waals surface area contributed by atoms with Crippen LogP contribution in [0.15, 0.2) is 48.5 Å². The van der Waals surface area contributed by atoms with Crippen LogP contribution in [0.2, 0.25) is 0 Å². The summed E-state index contributed by atoms with van der Waals surface area (Å²) in [4.78, 5) is 26.0. The van der Waals surface area contributed by atoms with Gasteiger partial charge in [-0.1, -0.05) is 12.1 Å². The summed E-state index contributed by atoms with van der Waals surface area (Å²) >= 11 is 0. The number of aromatic nitrogens is 2. The van der Waals surface area contributed by atoms with Crippen LogP contribution in [0, 0.1) is 11.6 Å². The number of benzene rings is 2. The number of halogens is 2. The quantitative estimate of drug-likeness (QED) is 0.691. The van der Waals surface area contributed by atoms with Crippen molar-refractivity contribution in [3.05, 3.63) is 65.7 Å². The SMILES string of the molecule is O=C(Cc1cccc(N2CCCC2=O)c1)Nc1cc(-c2cc(F)cc(F)c2)[nH]n1. The van der Waals surface area contributed by atoms with Gasteiger partial charge in [0.1, 0.15) is 11.6 Å². The van der Waals surface area contributed by atoms with Crippen molar-refractivity contribution < 1.29 is 18.4 Å². The summed E-state index contributed by atoms with van der Waals surface area (Å²) in [5.41, 5.74) is 2.22. The van der Waals surface area contributed by atoms with E-state index in [9.17, 15) is 18.4 Å². The van der Waals surface area contributed by atoms with E-state index in [4.69, 9.17) is 0 Å². The highest BCUT2D eigenvalue weighted by atomic mass is 19.1. The maximum Gasteiger partial charge on any atom is 0.229 e. The number of nitrogens with one attached hydrogen (secondary N) is 2. The molecule has 0 bridgehead atoms. The molecule has 1 aliphatic heterocycles. The fourth-order valence-corrected chi connectivity index (χ4v) is 3.37. The zero-order valence-electron chi connectivity index (χ0n) is 15.4. The normalized spacial score (nSPS) is 13.7. The number of rotatable bonds is 5. The standard InChI is InChI=1S/C21H18F2N4O2/c22-15-9-14(10-16(23)11-15)18-12-19(26-25-18)24-20(28)8-13-3-1-4-17(7-13)27-6-2-5-21(27)29/h1,3-4,7,9-12H,2,5-6,8H2,(H2,24,25,26,28). The Kier molecular flexibility index (Phi) is 5.07. The van der Waals surface area contributed by atoms with E-state index in [0.717, 1.165) is 23.7 Å². The molecule has 0 unspecified atom stereocenters. The molecule has 4 rings (SSSR count). The van der Waals surface area contributed by atoms with Crippen LogP contribution in [0.1, 0.15) is 18.4 Å². The van der Waals surface area contributed by atoms with Gasteiger partial charge in [-0.2, -0.15) is 5.10 Å². The molecule has 2 aromatic carbocycles. The molecule has 1 saturated heterocycles. The molecule has 1 fully saturated rings. The van der Waals surface area contributed by atoms with E-state index < -0.39 is 11.6 Å². The first-order valence-electron chi connectivity index (χ1n) is 9.19. The van der Waals surface area contributed by atoms with Crippen molar-refractivity contribution in [1.82, 2.24) is 10.2 Å². The van der Waals surface area contributed by atoms with Crippen LogP contribution in [-0.2, 0) is 16.0 Å². The largest absolute Gasteiger partial charge is 0.312 e. The monoisotopic (exact) mass is 396 g/mol. The molecule has 6 nitrogen and oxygen atoms in total. The van der Waals surface area contributed by atoms with Crippen molar-refractivity contribution in [1.29, 1.82) is 0 Å². The predicted molar refractivity (Wildman–Crippen MR) is 104 cm³/mol. The summed E-state index contributed by atoms with van der Waals surface area (Å²) in [5.74, 6) is -1.35. The first-order chi connectivity index (χ1) is 14.0. The Bertz CT molecular complexity index is 1060. The molecular weight excluding hydrogens is 378 g/mol. The van der Waals surface area contributed by atoms with E-state index in [1.165, 1.54) is 18.2 Å². The molecule has 2 N–H and O–H groups in total. The van der Waals surface area contributed by atoms with Gasteiger partial charge in [-0.05, 0) is 36.2 Å². The second-order valence-corrected chi connectivity index (χ2v) is 6.87. The summed E-state index contributed by atoms with van der Waals surface area (Å²) in [7, 11) is 0. The van der Waals surface area contributed by atoms with E-state index in [-0.39, 0.29) is 24.1 Å². The topological polar surface area (TPSA) is 78.1 Å². The van der Waals surface area contributed by atoms with E-state index in [1.54, 1.807) is 4.90 Å². The lowest BCUT2D eigenvalue weighted by Crippen LogP contribution is -2.23. The molecule has 0 radical (unpaired) electrons. The molecule has 8 heteroatoms. The number of carbonyl (C=O) groups excluding carboxylic acids is 2. The minimum absolute atomic E-state index is 0.0874. The Balaban J connectivity index is 1.43. The third-order valence-electron chi connectivity index (χ3n) is 4.68. The van der Waals surface area contributed by atoms with Gasteiger partial charge in [0.25, 0.3) is 0 Å². The molecule has 2 heterocycles. The van der Waals surface area contributed by atoms with Gasteiger partial charge in [0.15, 0.2) is 5.82 Å². The molecule has 2 amide bonds. The van der Waals surface area contributed by atoms with Gasteiger partial charge >= 0.3 is 0 Å². The number of amides is 2. The van der Waals surface area contributed by atoms with Crippen LogP contribution >= 0.6 is 0 Å². The van der Waals surface area contributed by atoms with Crippen molar-refractivity contribution in [2.45, 2.75) is 19.3 Å². The zero-order chi connectivity index (χ0) is 20.4. The highest BCUT2D eigenvalue weighted by molar-refractivity contribution is 5.96. The molecular formula is C21H18F2N4O2. The highest BCUT2D eigenvalue weighted by Crippen LogP contribution is 2.24. The molecule has 0 saturated carbocycles. The molecule has 3 aromatic rings. The average molecular weight is 396 g/mol. The predicted octanol–water partition coefficient (Wildman–Crippen LogP) is 3.66. The molecule has 0 aliphatic carbocycles. The van der Waals surface area contributed by atoms with Crippen LogP contribution in [0.4, 0.5) is 20.3 Å². The summed E-state index contributed by atoms with van der Waals surface area (Å²) in [6, 6.07) is 11.9. The van der Waals surface area contributed by atoms with Gasteiger partial charge in [-0.15, -0.1) is 0 Å². The second-order valence-electron chi connectivity index (χ2n) is 6.87. The fourth-order valence-electron chi connectivity index (χ4n) is 3.37. The highest BCUT2D eigenvalue weighted by Gasteiger charge is 2.21. The zero-order valence-corrected chi connectivity index (χ0v) is 15.4. The smallest absolute Gasteiger partial charge is 0.229 e. The number of hydrogen-bond donors (Lipinski definition) is 2. The minimum Gasteiger partial charge on any atom is -0.312 e. The summed E-state index contributed by atoms with van der Waals surface area (Å²) in [6.45, 7) is 0.686. The fraction of sp³-hybridized carbons (Fsp3) is 0.190.